The van der Waals surface area contributed by atoms with Gasteiger partial charge in [0.25, 0.3) is 0 Å². The molecule has 0 aliphatic heterocycles. The Balaban J connectivity index is 2.78. The summed E-state index contributed by atoms with van der Waals surface area (Å²) in [6.45, 7) is 3.92. The SMILES string of the molecule is CC(C)[C@@H](N)[C@@H](O)c1ccc(Cl)cn1. The summed E-state index contributed by atoms with van der Waals surface area (Å²) in [6, 6.07) is 3.08. The number of halogens is 1. The van der Waals surface area contributed by atoms with E-state index in [1.165, 1.54) is 6.20 Å². The van der Waals surface area contributed by atoms with E-state index in [4.69, 9.17) is 17.3 Å². The smallest absolute Gasteiger partial charge is 0.111 e. The van der Waals surface area contributed by atoms with Crippen LogP contribution in [0.3, 0.4) is 0 Å². The largest absolute Gasteiger partial charge is 0.385 e. The highest BCUT2D eigenvalue weighted by atomic mass is 35.5. The summed E-state index contributed by atoms with van der Waals surface area (Å²) in [5.74, 6) is 0.211. The van der Waals surface area contributed by atoms with Crippen molar-refractivity contribution >= 4 is 11.6 Å². The molecule has 4 heteroatoms. The van der Waals surface area contributed by atoms with Crippen molar-refractivity contribution < 1.29 is 5.11 Å². The van der Waals surface area contributed by atoms with E-state index in [0.717, 1.165) is 0 Å². The zero-order valence-electron chi connectivity index (χ0n) is 8.31. The monoisotopic (exact) mass is 214 g/mol. The lowest BCUT2D eigenvalue weighted by Crippen LogP contribution is -2.33. The Kier molecular flexibility index (Phi) is 3.86. The van der Waals surface area contributed by atoms with Gasteiger partial charge in [0.2, 0.25) is 0 Å². The normalized spacial score (nSPS) is 15.6. The van der Waals surface area contributed by atoms with Crippen molar-refractivity contribution in [3.05, 3.63) is 29.0 Å². The average molecular weight is 215 g/mol. The number of aliphatic hydroxyl groups is 1. The number of rotatable bonds is 3. The van der Waals surface area contributed by atoms with E-state index in [1.54, 1.807) is 12.1 Å². The van der Waals surface area contributed by atoms with Gasteiger partial charge in [-0.1, -0.05) is 25.4 Å². The van der Waals surface area contributed by atoms with Crippen molar-refractivity contribution in [2.75, 3.05) is 0 Å². The molecule has 0 fully saturated rings. The molecule has 0 unspecified atom stereocenters. The molecule has 3 nitrogen and oxygen atoms in total. The average Bonchev–Trinajstić information content (AvgIpc) is 2.16. The van der Waals surface area contributed by atoms with Gasteiger partial charge in [0.15, 0.2) is 0 Å². The van der Waals surface area contributed by atoms with Gasteiger partial charge >= 0.3 is 0 Å². The van der Waals surface area contributed by atoms with Crippen molar-refractivity contribution in [1.29, 1.82) is 0 Å². The molecule has 78 valence electrons. The third-order valence-electron chi connectivity index (χ3n) is 2.19. The first-order valence-electron chi connectivity index (χ1n) is 4.57. The first-order chi connectivity index (χ1) is 6.52. The van der Waals surface area contributed by atoms with Gasteiger partial charge in [0.05, 0.1) is 10.7 Å². The molecule has 3 N–H and O–H groups in total. The minimum Gasteiger partial charge on any atom is -0.385 e. The van der Waals surface area contributed by atoms with Crippen LogP contribution >= 0.6 is 11.6 Å². The second kappa shape index (κ2) is 4.73. The van der Waals surface area contributed by atoms with Gasteiger partial charge in [0.1, 0.15) is 6.10 Å². The number of nitrogens with zero attached hydrogens (tertiary/aromatic N) is 1. The predicted molar refractivity (Wildman–Crippen MR) is 57.0 cm³/mol. The summed E-state index contributed by atoms with van der Waals surface area (Å²) in [5.41, 5.74) is 6.37. The Hall–Kier alpha value is -0.640. The van der Waals surface area contributed by atoms with Crippen LogP contribution in [0.2, 0.25) is 5.02 Å². The summed E-state index contributed by atoms with van der Waals surface area (Å²) < 4.78 is 0. The maximum absolute atomic E-state index is 9.82. The molecule has 1 aromatic heterocycles. The molecule has 0 bridgehead atoms. The third-order valence-corrected chi connectivity index (χ3v) is 2.41. The number of hydrogen-bond acceptors (Lipinski definition) is 3. The number of nitrogens with two attached hydrogens (primary N) is 1. The number of aliphatic hydroxyl groups excluding tert-OH is 1. The van der Waals surface area contributed by atoms with E-state index >= 15 is 0 Å². The topological polar surface area (TPSA) is 59.1 Å². The molecular formula is C10H15ClN2O. The standard InChI is InChI=1S/C10H15ClN2O/c1-6(2)9(12)10(14)8-4-3-7(11)5-13-8/h3-6,9-10,14H,12H2,1-2H3/t9-,10+/m1/s1. The highest BCUT2D eigenvalue weighted by molar-refractivity contribution is 6.30. The van der Waals surface area contributed by atoms with Crippen LogP contribution in [-0.4, -0.2) is 16.1 Å². The Morgan fingerprint density at radius 3 is 2.50 bits per heavy atom. The van der Waals surface area contributed by atoms with Gasteiger partial charge < -0.3 is 10.8 Å². The molecule has 0 saturated carbocycles. The Morgan fingerprint density at radius 2 is 2.07 bits per heavy atom. The lowest BCUT2D eigenvalue weighted by molar-refractivity contribution is 0.121. The van der Waals surface area contributed by atoms with Crippen LogP contribution < -0.4 is 5.73 Å². The van der Waals surface area contributed by atoms with Gasteiger partial charge in [-0.3, -0.25) is 4.98 Å². The quantitative estimate of drug-likeness (QED) is 0.806. The van der Waals surface area contributed by atoms with E-state index in [2.05, 4.69) is 4.98 Å². The van der Waals surface area contributed by atoms with E-state index in [0.29, 0.717) is 10.7 Å². The fourth-order valence-corrected chi connectivity index (χ4v) is 1.24. The van der Waals surface area contributed by atoms with Crippen molar-refractivity contribution in [1.82, 2.24) is 4.98 Å². The fraction of sp³-hybridized carbons (Fsp3) is 0.500. The van der Waals surface area contributed by atoms with Gasteiger partial charge in [-0.05, 0) is 18.1 Å². The second-order valence-electron chi connectivity index (χ2n) is 3.67. The van der Waals surface area contributed by atoms with E-state index in [-0.39, 0.29) is 12.0 Å². The first-order valence-corrected chi connectivity index (χ1v) is 4.95. The zero-order valence-corrected chi connectivity index (χ0v) is 9.07. The second-order valence-corrected chi connectivity index (χ2v) is 4.10. The van der Waals surface area contributed by atoms with E-state index in [9.17, 15) is 5.11 Å². The van der Waals surface area contributed by atoms with Gasteiger partial charge in [0, 0.05) is 12.2 Å². The Labute approximate surface area is 88.9 Å². The van der Waals surface area contributed by atoms with Gasteiger partial charge in [-0.25, -0.2) is 0 Å². The lowest BCUT2D eigenvalue weighted by atomic mass is 9.97. The van der Waals surface area contributed by atoms with Crippen molar-refractivity contribution in [3.63, 3.8) is 0 Å². The third kappa shape index (κ3) is 2.67. The lowest BCUT2D eigenvalue weighted by Gasteiger charge is -2.21. The number of hydrogen-bond donors (Lipinski definition) is 2. The molecule has 0 aromatic carbocycles. The van der Waals surface area contributed by atoms with E-state index < -0.39 is 6.10 Å². The van der Waals surface area contributed by atoms with Crippen LogP contribution in [0.1, 0.15) is 25.6 Å². The molecule has 1 heterocycles. The number of aromatic nitrogens is 1. The molecule has 0 spiro atoms. The van der Waals surface area contributed by atoms with Crippen molar-refractivity contribution in [3.8, 4) is 0 Å². The fourth-order valence-electron chi connectivity index (χ4n) is 1.12. The minimum atomic E-state index is -0.729. The predicted octanol–water partition coefficient (Wildman–Crippen LogP) is 1.75. The van der Waals surface area contributed by atoms with E-state index in [1.807, 2.05) is 13.8 Å². The van der Waals surface area contributed by atoms with Crippen molar-refractivity contribution in [2.45, 2.75) is 26.0 Å². The van der Waals surface area contributed by atoms with Crippen LogP contribution in [0.15, 0.2) is 18.3 Å². The molecule has 1 rings (SSSR count). The first kappa shape index (κ1) is 11.4. The summed E-state index contributed by atoms with van der Waals surface area (Å²) in [5, 5.41) is 10.4. The van der Waals surface area contributed by atoms with Crippen LogP contribution in [0.4, 0.5) is 0 Å². The Bertz CT molecular complexity index is 287. The summed E-state index contributed by atoms with van der Waals surface area (Å²) in [7, 11) is 0. The minimum absolute atomic E-state index is 0.211. The number of pyridine rings is 1. The molecule has 2 atom stereocenters. The molecule has 1 aromatic rings. The van der Waals surface area contributed by atoms with Gasteiger partial charge in [-0.2, -0.15) is 0 Å². The maximum Gasteiger partial charge on any atom is 0.111 e. The molecular weight excluding hydrogens is 200 g/mol. The van der Waals surface area contributed by atoms with Gasteiger partial charge in [-0.15, -0.1) is 0 Å². The van der Waals surface area contributed by atoms with Crippen LogP contribution in [-0.2, 0) is 0 Å². The molecule has 0 aliphatic rings. The molecule has 0 amide bonds. The summed E-state index contributed by atoms with van der Waals surface area (Å²) >= 11 is 5.68. The maximum atomic E-state index is 9.82. The summed E-state index contributed by atoms with van der Waals surface area (Å²) in [6.07, 6.45) is 0.778. The molecule has 0 saturated heterocycles. The highest BCUT2D eigenvalue weighted by Crippen LogP contribution is 2.19. The molecule has 0 aliphatic carbocycles. The summed E-state index contributed by atoms with van der Waals surface area (Å²) in [4.78, 5) is 4.02. The Morgan fingerprint density at radius 1 is 1.43 bits per heavy atom. The van der Waals surface area contributed by atoms with Crippen LogP contribution in [0, 0.1) is 5.92 Å². The van der Waals surface area contributed by atoms with Crippen LogP contribution in [0.5, 0.6) is 0 Å². The zero-order chi connectivity index (χ0) is 10.7. The van der Waals surface area contributed by atoms with Crippen molar-refractivity contribution in [2.24, 2.45) is 11.7 Å². The molecule has 0 radical (unpaired) electrons. The molecule has 14 heavy (non-hydrogen) atoms. The highest BCUT2D eigenvalue weighted by Gasteiger charge is 2.20. The van der Waals surface area contributed by atoms with Crippen LogP contribution in [0.25, 0.3) is 0 Å².